The van der Waals surface area contributed by atoms with Crippen LogP contribution in [0.2, 0.25) is 0 Å². The highest BCUT2D eigenvalue weighted by atomic mass is 16.6. The second-order valence-electron chi connectivity index (χ2n) is 4.59. The molecule has 0 amide bonds. The average Bonchev–Trinajstić information content (AvgIpc) is 2.50. The molecule has 0 saturated heterocycles. The molecule has 4 nitrogen and oxygen atoms in total. The Morgan fingerprint density at radius 3 is 1.52 bits per heavy atom. The summed E-state index contributed by atoms with van der Waals surface area (Å²) in [6, 6.07) is 11.2. The number of aryl methyl sites for hydroxylation is 2. The van der Waals surface area contributed by atoms with Crippen LogP contribution in [0, 0.1) is 13.8 Å². The minimum atomic E-state index is 0.650. The van der Waals surface area contributed by atoms with Crippen LogP contribution in [0.3, 0.4) is 0 Å². The van der Waals surface area contributed by atoms with E-state index in [2.05, 4.69) is 0 Å². The quantitative estimate of drug-likeness (QED) is 0.763. The van der Waals surface area contributed by atoms with Crippen LogP contribution in [-0.2, 0) is 0 Å². The monoisotopic (exact) mass is 285 g/mol. The maximum absolute atomic E-state index is 5.44. The van der Waals surface area contributed by atoms with Gasteiger partial charge >= 0.3 is 7.69 Å². The van der Waals surface area contributed by atoms with Crippen molar-refractivity contribution >= 4 is 7.69 Å². The molecule has 2 rings (SSSR count). The second kappa shape index (κ2) is 6.93. The maximum atomic E-state index is 5.44. The van der Waals surface area contributed by atoms with Crippen LogP contribution in [0.15, 0.2) is 36.4 Å². The lowest BCUT2D eigenvalue weighted by molar-refractivity contribution is 0.403. The largest absolute Gasteiger partial charge is 0.658 e. The van der Waals surface area contributed by atoms with Gasteiger partial charge in [-0.2, -0.15) is 0 Å². The standard InChI is InChI=1S/C16H18BO4/c1-11-5-7-13(9-15(11)18-3)20-17-21-14-8-6-12(2)16(10-14)19-4/h5-10H,1-4H3. The van der Waals surface area contributed by atoms with E-state index in [-0.39, 0.29) is 0 Å². The lowest BCUT2D eigenvalue weighted by Gasteiger charge is -2.11. The Bertz CT molecular complexity index is 560. The lowest BCUT2D eigenvalue weighted by atomic mass is 10.2. The van der Waals surface area contributed by atoms with Gasteiger partial charge in [-0.25, -0.2) is 0 Å². The van der Waals surface area contributed by atoms with Crippen LogP contribution >= 0.6 is 0 Å². The summed E-state index contributed by atoms with van der Waals surface area (Å²) < 4.78 is 21.4. The third kappa shape index (κ3) is 3.84. The topological polar surface area (TPSA) is 36.9 Å². The molecular weight excluding hydrogens is 267 g/mol. The highest BCUT2D eigenvalue weighted by Crippen LogP contribution is 2.25. The molecule has 2 aromatic rings. The first kappa shape index (κ1) is 15.1. The molecule has 0 atom stereocenters. The van der Waals surface area contributed by atoms with Crippen molar-refractivity contribution in [2.75, 3.05) is 14.2 Å². The van der Waals surface area contributed by atoms with Crippen molar-refractivity contribution in [1.29, 1.82) is 0 Å². The van der Waals surface area contributed by atoms with E-state index in [1.807, 2.05) is 50.2 Å². The Morgan fingerprint density at radius 1 is 0.714 bits per heavy atom. The van der Waals surface area contributed by atoms with Crippen LogP contribution in [0.25, 0.3) is 0 Å². The van der Waals surface area contributed by atoms with Gasteiger partial charge in [-0.15, -0.1) is 0 Å². The molecule has 0 saturated carbocycles. The molecule has 0 spiro atoms. The smallest absolute Gasteiger partial charge is 0.526 e. The molecule has 0 fully saturated rings. The summed E-state index contributed by atoms with van der Waals surface area (Å²) in [4.78, 5) is 0. The van der Waals surface area contributed by atoms with Gasteiger partial charge in [0, 0.05) is 12.1 Å². The molecule has 0 unspecified atom stereocenters. The van der Waals surface area contributed by atoms with Gasteiger partial charge in [-0.3, -0.25) is 0 Å². The van der Waals surface area contributed by atoms with Crippen LogP contribution in [0.5, 0.6) is 23.0 Å². The van der Waals surface area contributed by atoms with Crippen molar-refractivity contribution in [3.8, 4) is 23.0 Å². The Hall–Kier alpha value is -2.30. The zero-order chi connectivity index (χ0) is 15.2. The molecule has 0 aromatic heterocycles. The highest BCUT2D eigenvalue weighted by molar-refractivity contribution is 6.20. The van der Waals surface area contributed by atoms with Gasteiger partial charge in [0.05, 0.1) is 14.2 Å². The number of hydrogen-bond donors (Lipinski definition) is 0. The van der Waals surface area contributed by atoms with E-state index in [1.165, 1.54) is 7.69 Å². The molecular formula is C16H18BO4. The van der Waals surface area contributed by atoms with Gasteiger partial charge in [0.15, 0.2) is 0 Å². The first-order chi connectivity index (χ1) is 10.1. The van der Waals surface area contributed by atoms with Crippen molar-refractivity contribution in [2.45, 2.75) is 13.8 Å². The summed E-state index contributed by atoms with van der Waals surface area (Å²) in [6.07, 6.45) is 0. The fourth-order valence-corrected chi connectivity index (χ4v) is 1.88. The van der Waals surface area contributed by atoms with Crippen LogP contribution < -0.4 is 18.8 Å². The van der Waals surface area contributed by atoms with Crippen molar-refractivity contribution in [1.82, 2.24) is 0 Å². The second-order valence-corrected chi connectivity index (χ2v) is 4.59. The molecule has 21 heavy (non-hydrogen) atoms. The van der Waals surface area contributed by atoms with Gasteiger partial charge < -0.3 is 18.8 Å². The van der Waals surface area contributed by atoms with Crippen LogP contribution in [-0.4, -0.2) is 21.9 Å². The molecule has 0 aliphatic rings. The van der Waals surface area contributed by atoms with E-state index < -0.39 is 0 Å². The van der Waals surface area contributed by atoms with E-state index in [4.69, 9.17) is 18.8 Å². The predicted octanol–water partition coefficient (Wildman–Crippen LogP) is 3.31. The van der Waals surface area contributed by atoms with Gasteiger partial charge in [0.25, 0.3) is 0 Å². The highest BCUT2D eigenvalue weighted by Gasteiger charge is 2.06. The Labute approximate surface area is 125 Å². The summed E-state index contributed by atoms with van der Waals surface area (Å²) in [5, 5.41) is 0. The summed E-state index contributed by atoms with van der Waals surface area (Å²) in [5.74, 6) is 2.85. The van der Waals surface area contributed by atoms with Gasteiger partial charge in [-0.05, 0) is 37.1 Å². The summed E-state index contributed by atoms with van der Waals surface area (Å²) in [5.41, 5.74) is 2.10. The van der Waals surface area contributed by atoms with Crippen molar-refractivity contribution < 1.29 is 18.8 Å². The minimum absolute atomic E-state index is 0.650. The Kier molecular flexibility index (Phi) is 4.98. The van der Waals surface area contributed by atoms with Crippen molar-refractivity contribution in [3.63, 3.8) is 0 Å². The molecule has 0 aliphatic carbocycles. The predicted molar refractivity (Wildman–Crippen MR) is 82.5 cm³/mol. The number of ether oxygens (including phenoxy) is 2. The maximum Gasteiger partial charge on any atom is 0.658 e. The SMILES string of the molecule is COc1cc(O[B]Oc2ccc(C)c(OC)c2)ccc1C. The van der Waals surface area contributed by atoms with Crippen molar-refractivity contribution in [2.24, 2.45) is 0 Å². The summed E-state index contributed by atoms with van der Waals surface area (Å²) in [6.45, 7) is 3.95. The van der Waals surface area contributed by atoms with Gasteiger partial charge in [0.2, 0.25) is 0 Å². The molecule has 0 heterocycles. The normalized spacial score (nSPS) is 9.90. The molecule has 2 aromatic carbocycles. The van der Waals surface area contributed by atoms with Gasteiger partial charge in [0.1, 0.15) is 23.0 Å². The molecule has 109 valence electrons. The molecule has 5 heteroatoms. The summed E-state index contributed by atoms with van der Waals surface area (Å²) >= 11 is 0. The van der Waals surface area contributed by atoms with Gasteiger partial charge in [-0.1, -0.05) is 12.1 Å². The zero-order valence-corrected chi connectivity index (χ0v) is 12.7. The number of hydrogen-bond acceptors (Lipinski definition) is 4. The number of methoxy groups -OCH3 is 2. The zero-order valence-electron chi connectivity index (χ0n) is 12.7. The van der Waals surface area contributed by atoms with Crippen LogP contribution in [0.1, 0.15) is 11.1 Å². The average molecular weight is 285 g/mol. The van der Waals surface area contributed by atoms with Crippen molar-refractivity contribution in [3.05, 3.63) is 47.5 Å². The fraction of sp³-hybridized carbons (Fsp3) is 0.250. The first-order valence-corrected chi connectivity index (χ1v) is 6.58. The molecule has 0 bridgehead atoms. The van der Waals surface area contributed by atoms with E-state index in [1.54, 1.807) is 14.2 Å². The van der Waals surface area contributed by atoms with Crippen LogP contribution in [0.4, 0.5) is 0 Å². The Balaban J connectivity index is 1.95. The van der Waals surface area contributed by atoms with E-state index in [9.17, 15) is 0 Å². The lowest BCUT2D eigenvalue weighted by Crippen LogP contribution is -2.11. The first-order valence-electron chi connectivity index (χ1n) is 6.58. The fourth-order valence-electron chi connectivity index (χ4n) is 1.88. The third-order valence-corrected chi connectivity index (χ3v) is 3.13. The Morgan fingerprint density at radius 2 is 1.14 bits per heavy atom. The van der Waals surface area contributed by atoms with E-state index in [0.717, 1.165) is 22.6 Å². The van der Waals surface area contributed by atoms with E-state index >= 15 is 0 Å². The number of benzene rings is 2. The molecule has 0 N–H and O–H groups in total. The van der Waals surface area contributed by atoms with E-state index in [0.29, 0.717) is 11.5 Å². The molecule has 0 aliphatic heterocycles. The molecule has 1 radical (unpaired) electrons. The minimum Gasteiger partial charge on any atom is -0.526 e. The number of rotatable bonds is 6. The summed E-state index contributed by atoms with van der Waals surface area (Å²) in [7, 11) is 4.55. The third-order valence-electron chi connectivity index (χ3n) is 3.13.